The minimum atomic E-state index is 0.235. The van der Waals surface area contributed by atoms with Crippen LogP contribution in [-0.2, 0) is 0 Å². The van der Waals surface area contributed by atoms with Crippen molar-refractivity contribution in [3.63, 3.8) is 0 Å². The Morgan fingerprint density at radius 2 is 1.40 bits per heavy atom. The van der Waals surface area contributed by atoms with Crippen molar-refractivity contribution >= 4 is 5.71 Å². The molecule has 5 aliphatic carbocycles. The van der Waals surface area contributed by atoms with Crippen molar-refractivity contribution in [2.45, 2.75) is 140 Å². The Morgan fingerprint density at radius 1 is 0.809 bits per heavy atom. The summed E-state index contributed by atoms with van der Waals surface area (Å²) in [5, 5.41) is 0. The van der Waals surface area contributed by atoms with Crippen LogP contribution in [0.4, 0.5) is 0 Å². The summed E-state index contributed by atoms with van der Waals surface area (Å²) < 4.78 is 0. The molecule has 0 aromatic carbocycles. The molecule has 0 aromatic rings. The fraction of sp³-hybridized carbons (Fsp3) is 0.674. The predicted octanol–water partition coefficient (Wildman–Crippen LogP) is 14.1. The molecule has 1 nitrogen and oxygen atoms in total. The molecule has 0 spiro atoms. The van der Waals surface area contributed by atoms with E-state index in [0.29, 0.717) is 10.8 Å². The van der Waals surface area contributed by atoms with Crippen molar-refractivity contribution in [3.05, 3.63) is 74.9 Å². The molecular weight excluding hydrogens is 567 g/mol. The Labute approximate surface area is 295 Å². The van der Waals surface area contributed by atoms with Gasteiger partial charge in [-0.3, -0.25) is 4.99 Å². The molecule has 4 saturated carbocycles. The van der Waals surface area contributed by atoms with E-state index < -0.39 is 0 Å². The summed E-state index contributed by atoms with van der Waals surface area (Å²) in [5.74, 6) is 4.74. The van der Waals surface area contributed by atoms with Crippen LogP contribution in [0.1, 0.15) is 140 Å². The van der Waals surface area contributed by atoms with Crippen LogP contribution in [0.25, 0.3) is 0 Å². The van der Waals surface area contributed by atoms with Gasteiger partial charge >= 0.3 is 0 Å². The summed E-state index contributed by atoms with van der Waals surface area (Å²) in [4.78, 5) is 4.72. The van der Waals surface area contributed by atoms with Gasteiger partial charge in [-0.05, 0) is 139 Å². The number of hydrogen-bond acceptors (Lipinski definition) is 1. The van der Waals surface area contributed by atoms with Crippen molar-refractivity contribution in [1.82, 2.24) is 0 Å². The van der Waals surface area contributed by atoms with E-state index in [1.54, 1.807) is 18.1 Å². The number of allylic oxidation sites excluding steroid dienone is 4. The number of hydrogen-bond donors (Lipinski definition) is 0. The lowest BCUT2D eigenvalue weighted by Gasteiger charge is -2.68. The first-order valence-electron chi connectivity index (χ1n) is 19.1. The third kappa shape index (κ3) is 8.28. The van der Waals surface area contributed by atoms with Gasteiger partial charge in [-0.25, -0.2) is 0 Å². The molecule has 0 amide bonds. The van der Waals surface area contributed by atoms with E-state index in [1.165, 1.54) is 69.8 Å². The topological polar surface area (TPSA) is 12.4 Å². The van der Waals surface area contributed by atoms with Crippen molar-refractivity contribution in [1.29, 1.82) is 0 Å². The van der Waals surface area contributed by atoms with Gasteiger partial charge in [0.2, 0.25) is 0 Å². The van der Waals surface area contributed by atoms with Crippen LogP contribution < -0.4 is 0 Å². The average Bonchev–Trinajstić information content (AvgIpc) is 3.77. The van der Waals surface area contributed by atoms with E-state index in [-0.39, 0.29) is 5.41 Å². The summed E-state index contributed by atoms with van der Waals surface area (Å²) in [5.41, 5.74) is 6.09. The highest BCUT2D eigenvalue weighted by Gasteiger charge is 2.65. The Balaban J connectivity index is 0.00000145. The summed E-state index contributed by atoms with van der Waals surface area (Å²) in [6, 6.07) is 0. The first-order chi connectivity index (χ1) is 22.6. The van der Waals surface area contributed by atoms with Gasteiger partial charge in [-0.15, -0.1) is 45.7 Å². The molecule has 1 heteroatoms. The first-order valence-corrected chi connectivity index (χ1v) is 19.1. The summed E-state index contributed by atoms with van der Waals surface area (Å²) in [6.07, 6.45) is 32.9. The largest absolute Gasteiger partial charge is 0.281 e. The lowest BCUT2D eigenvalue weighted by molar-refractivity contribution is -0.180. The SMILES string of the molecule is C#C.C=C.C=C.C=CC.C=CC1=NCC(C2=CCC3(C)C(CCC4(C)C5CCC6(CC)CCCC6C5CCC43)C2(C)C)=C1.CC.CC. The van der Waals surface area contributed by atoms with Gasteiger partial charge in [0.25, 0.3) is 0 Å². The lowest BCUT2D eigenvalue weighted by atomic mass is 9.36. The highest BCUT2D eigenvalue weighted by Crippen LogP contribution is 2.73. The summed E-state index contributed by atoms with van der Waals surface area (Å²) in [7, 11) is 0. The van der Waals surface area contributed by atoms with Crippen LogP contribution in [0.15, 0.2) is 79.9 Å². The van der Waals surface area contributed by atoms with E-state index in [0.717, 1.165) is 47.3 Å². The molecular formula is C46H77N. The lowest BCUT2D eigenvalue weighted by Crippen LogP contribution is -2.61. The van der Waals surface area contributed by atoms with Gasteiger partial charge in [0.15, 0.2) is 0 Å². The number of rotatable bonds is 3. The van der Waals surface area contributed by atoms with Crippen LogP contribution in [0.3, 0.4) is 0 Å². The second-order valence-corrected chi connectivity index (χ2v) is 14.8. The molecule has 0 radical (unpaired) electrons. The average molecular weight is 644 g/mol. The van der Waals surface area contributed by atoms with Crippen molar-refractivity contribution in [2.75, 3.05) is 6.54 Å². The highest BCUT2D eigenvalue weighted by atomic mass is 14.8. The smallest absolute Gasteiger partial charge is 0.0650 e. The number of terminal acetylenes is 1. The van der Waals surface area contributed by atoms with Gasteiger partial charge in [0, 0.05) is 0 Å². The normalized spacial score (nSPS) is 36.3. The maximum atomic E-state index is 4.72. The van der Waals surface area contributed by atoms with E-state index in [1.807, 2.05) is 40.7 Å². The van der Waals surface area contributed by atoms with Crippen LogP contribution in [0.5, 0.6) is 0 Å². The second kappa shape index (κ2) is 20.2. The third-order valence-corrected chi connectivity index (χ3v) is 13.3. The molecule has 47 heavy (non-hydrogen) atoms. The first kappa shape index (κ1) is 44.7. The molecule has 4 fully saturated rings. The van der Waals surface area contributed by atoms with Crippen LogP contribution in [0.2, 0.25) is 0 Å². The molecule has 0 bridgehead atoms. The van der Waals surface area contributed by atoms with E-state index in [2.05, 4.69) is 99.1 Å². The minimum Gasteiger partial charge on any atom is -0.281 e. The van der Waals surface area contributed by atoms with Crippen molar-refractivity contribution in [2.24, 2.45) is 56.2 Å². The predicted molar refractivity (Wildman–Crippen MR) is 216 cm³/mol. The van der Waals surface area contributed by atoms with Gasteiger partial charge in [0.05, 0.1) is 12.3 Å². The molecule has 8 unspecified atom stereocenters. The zero-order valence-corrected chi connectivity index (χ0v) is 33.0. The van der Waals surface area contributed by atoms with E-state index in [4.69, 9.17) is 4.99 Å². The molecule has 6 rings (SSSR count). The van der Waals surface area contributed by atoms with E-state index in [9.17, 15) is 0 Å². The van der Waals surface area contributed by atoms with Crippen LogP contribution >= 0.6 is 0 Å². The van der Waals surface area contributed by atoms with Gasteiger partial charge < -0.3 is 0 Å². The Morgan fingerprint density at radius 3 is 1.94 bits per heavy atom. The Bertz CT molecular complexity index is 1080. The quantitative estimate of drug-likeness (QED) is 0.214. The zero-order chi connectivity index (χ0) is 36.6. The molecule has 0 N–H and O–H groups in total. The van der Waals surface area contributed by atoms with Gasteiger partial charge in [-0.2, -0.15) is 0 Å². The Hall–Kier alpha value is -2.33. The number of fused-ring (bicyclic) bond motifs is 7. The second-order valence-electron chi connectivity index (χ2n) is 14.8. The minimum absolute atomic E-state index is 0.235. The monoisotopic (exact) mass is 644 g/mol. The maximum Gasteiger partial charge on any atom is 0.0650 e. The highest BCUT2D eigenvalue weighted by molar-refractivity contribution is 6.06. The number of aliphatic imine (C=N–C) groups is 1. The molecule has 0 saturated heterocycles. The molecule has 8 atom stereocenters. The molecule has 266 valence electrons. The molecule has 6 aliphatic rings. The van der Waals surface area contributed by atoms with Gasteiger partial charge in [-0.1, -0.05) is 93.9 Å². The number of nitrogens with zero attached hydrogens (tertiary/aromatic N) is 1. The summed E-state index contributed by atoms with van der Waals surface area (Å²) >= 11 is 0. The fourth-order valence-electron chi connectivity index (χ4n) is 11.9. The summed E-state index contributed by atoms with van der Waals surface area (Å²) in [6.45, 7) is 43.2. The molecule has 0 aromatic heterocycles. The van der Waals surface area contributed by atoms with Crippen LogP contribution in [-0.4, -0.2) is 12.3 Å². The third-order valence-electron chi connectivity index (χ3n) is 13.3. The molecule has 1 heterocycles. The zero-order valence-electron chi connectivity index (χ0n) is 33.0. The maximum absolute atomic E-state index is 4.72. The van der Waals surface area contributed by atoms with Crippen LogP contribution in [0, 0.1) is 64.1 Å². The van der Waals surface area contributed by atoms with E-state index >= 15 is 0 Å². The molecule has 1 aliphatic heterocycles. The van der Waals surface area contributed by atoms with Crippen molar-refractivity contribution in [3.8, 4) is 12.8 Å². The standard InChI is InChI=1S/C33H49N.C3H6.2C2H6.2C2H4.C2H2/c1-7-23-20-22(21-34-23)25-13-17-32(6)28(30(25,3)4)15-18-31(5)26-14-19-33(8-2)16-9-10-27(33)24(26)11-12-29(31)32;1-3-2;5*1-2/h7,13,20,24,26-29H,1,8-12,14-19,21H2,2-6H3;3H,1H2,2H3;2*1-2H3;2*1-2H2;1-2H. The van der Waals surface area contributed by atoms with Crippen molar-refractivity contribution < 1.29 is 0 Å². The van der Waals surface area contributed by atoms with Gasteiger partial charge in [0.1, 0.15) is 0 Å². The Kier molecular flexibility index (Phi) is 19.2. The fourth-order valence-corrected chi connectivity index (χ4v) is 11.9.